The molecule has 7 nitrogen and oxygen atoms in total. The van der Waals surface area contributed by atoms with Gasteiger partial charge in [0.15, 0.2) is 0 Å². The molecule has 0 radical (unpaired) electrons. The highest BCUT2D eigenvalue weighted by atomic mass is 16.5. The summed E-state index contributed by atoms with van der Waals surface area (Å²) in [7, 11) is 0. The lowest BCUT2D eigenvalue weighted by molar-refractivity contribution is -0.122. The summed E-state index contributed by atoms with van der Waals surface area (Å²) in [4.78, 5) is 29.6. The molecule has 0 unspecified atom stereocenters. The third kappa shape index (κ3) is 4.03. The average molecular weight is 380 g/mol. The maximum absolute atomic E-state index is 13.1. The number of carbonyl (C=O) groups is 1. The number of aromatic nitrogens is 3. The number of hydrogen-bond acceptors (Lipinski definition) is 5. The van der Waals surface area contributed by atoms with Crippen molar-refractivity contribution < 1.29 is 9.32 Å². The van der Waals surface area contributed by atoms with Crippen LogP contribution in [0.5, 0.6) is 0 Å². The second kappa shape index (κ2) is 7.80. The molecule has 0 aliphatic rings. The van der Waals surface area contributed by atoms with Crippen molar-refractivity contribution in [3.8, 4) is 22.8 Å². The summed E-state index contributed by atoms with van der Waals surface area (Å²) in [6, 6.07) is 9.57. The van der Waals surface area contributed by atoms with Crippen molar-refractivity contribution in [2.45, 2.75) is 47.2 Å². The number of amides is 1. The van der Waals surface area contributed by atoms with E-state index in [1.54, 1.807) is 6.92 Å². The summed E-state index contributed by atoms with van der Waals surface area (Å²) in [5.74, 6) is 0.343. The zero-order valence-electron chi connectivity index (χ0n) is 16.7. The standard InChI is InChI=1S/C21H24N4O3/c1-12(2)22-17(26)11-25-15(5)10-14(4)18(21(25)27)20-23-19(24-28-20)16-8-6-13(3)7-9-16/h6-10,12H,11H2,1-5H3,(H,22,26). The van der Waals surface area contributed by atoms with Crippen molar-refractivity contribution in [3.63, 3.8) is 0 Å². The van der Waals surface area contributed by atoms with Crippen LogP contribution in [0.3, 0.4) is 0 Å². The molecule has 0 aliphatic carbocycles. The van der Waals surface area contributed by atoms with Gasteiger partial charge >= 0.3 is 0 Å². The maximum atomic E-state index is 13.1. The summed E-state index contributed by atoms with van der Waals surface area (Å²) in [6.45, 7) is 9.30. The molecule has 2 heterocycles. The Kier molecular flexibility index (Phi) is 5.44. The van der Waals surface area contributed by atoms with Crippen molar-refractivity contribution in [1.29, 1.82) is 0 Å². The van der Waals surface area contributed by atoms with Crippen LogP contribution in [0.15, 0.2) is 39.6 Å². The largest absolute Gasteiger partial charge is 0.352 e. The lowest BCUT2D eigenvalue weighted by atomic mass is 10.1. The van der Waals surface area contributed by atoms with Gasteiger partial charge in [0.25, 0.3) is 11.4 Å². The highest BCUT2D eigenvalue weighted by Gasteiger charge is 2.20. The van der Waals surface area contributed by atoms with E-state index in [2.05, 4.69) is 15.5 Å². The van der Waals surface area contributed by atoms with E-state index >= 15 is 0 Å². The van der Waals surface area contributed by atoms with Gasteiger partial charge in [-0.05, 0) is 46.2 Å². The van der Waals surface area contributed by atoms with Crippen LogP contribution in [-0.2, 0) is 11.3 Å². The van der Waals surface area contributed by atoms with Crippen molar-refractivity contribution >= 4 is 5.91 Å². The molecule has 0 fully saturated rings. The molecule has 3 aromatic rings. The van der Waals surface area contributed by atoms with E-state index in [4.69, 9.17) is 4.52 Å². The first-order chi connectivity index (χ1) is 13.3. The number of benzene rings is 1. The predicted molar refractivity (Wildman–Crippen MR) is 107 cm³/mol. The van der Waals surface area contributed by atoms with Gasteiger partial charge in [0, 0.05) is 17.3 Å². The van der Waals surface area contributed by atoms with E-state index < -0.39 is 0 Å². The van der Waals surface area contributed by atoms with Crippen LogP contribution >= 0.6 is 0 Å². The number of rotatable bonds is 5. The Labute approximate surface area is 163 Å². The molecule has 0 saturated heterocycles. The first-order valence-corrected chi connectivity index (χ1v) is 9.17. The van der Waals surface area contributed by atoms with Gasteiger partial charge in [-0.2, -0.15) is 4.98 Å². The van der Waals surface area contributed by atoms with E-state index in [1.165, 1.54) is 4.57 Å². The quantitative estimate of drug-likeness (QED) is 0.735. The lowest BCUT2D eigenvalue weighted by Crippen LogP contribution is -2.37. The predicted octanol–water partition coefficient (Wildman–Crippen LogP) is 3.02. The summed E-state index contributed by atoms with van der Waals surface area (Å²) >= 11 is 0. The van der Waals surface area contributed by atoms with Gasteiger partial charge in [-0.1, -0.05) is 35.0 Å². The SMILES string of the molecule is Cc1ccc(-c2noc(-c3c(C)cc(C)n(CC(=O)NC(C)C)c3=O)n2)cc1. The second-order valence-electron chi connectivity index (χ2n) is 7.25. The summed E-state index contributed by atoms with van der Waals surface area (Å²) in [6.07, 6.45) is 0. The molecular formula is C21H24N4O3. The molecule has 2 aromatic heterocycles. The van der Waals surface area contributed by atoms with Crippen LogP contribution in [0.1, 0.15) is 30.7 Å². The van der Waals surface area contributed by atoms with E-state index in [0.29, 0.717) is 17.1 Å². The second-order valence-corrected chi connectivity index (χ2v) is 7.25. The third-order valence-electron chi connectivity index (χ3n) is 4.41. The molecule has 0 spiro atoms. The fourth-order valence-corrected chi connectivity index (χ4v) is 3.04. The van der Waals surface area contributed by atoms with E-state index in [-0.39, 0.29) is 29.9 Å². The van der Waals surface area contributed by atoms with Crippen LogP contribution in [0.2, 0.25) is 0 Å². The number of hydrogen-bond donors (Lipinski definition) is 1. The number of aryl methyl sites for hydroxylation is 3. The van der Waals surface area contributed by atoms with Gasteiger partial charge in [-0.15, -0.1) is 0 Å². The van der Waals surface area contributed by atoms with E-state index in [0.717, 1.165) is 16.7 Å². The minimum Gasteiger partial charge on any atom is -0.352 e. The molecule has 1 N–H and O–H groups in total. The van der Waals surface area contributed by atoms with Crippen molar-refractivity contribution in [1.82, 2.24) is 20.0 Å². The van der Waals surface area contributed by atoms with Crippen LogP contribution in [0.25, 0.3) is 22.8 Å². The van der Waals surface area contributed by atoms with Gasteiger partial charge in [0.05, 0.1) is 0 Å². The average Bonchev–Trinajstić information content (AvgIpc) is 3.08. The first kappa shape index (κ1) is 19.5. The molecule has 0 aliphatic heterocycles. The van der Waals surface area contributed by atoms with E-state index in [1.807, 2.05) is 58.0 Å². The minimum absolute atomic E-state index is 0.00133. The van der Waals surface area contributed by atoms with Gasteiger partial charge in [-0.3, -0.25) is 9.59 Å². The normalized spacial score (nSPS) is 11.1. The molecule has 3 rings (SSSR count). The highest BCUT2D eigenvalue weighted by Crippen LogP contribution is 2.23. The molecule has 1 aromatic carbocycles. The Morgan fingerprint density at radius 2 is 1.86 bits per heavy atom. The molecule has 1 amide bonds. The van der Waals surface area contributed by atoms with Crippen LogP contribution in [0.4, 0.5) is 0 Å². The third-order valence-corrected chi connectivity index (χ3v) is 4.41. The van der Waals surface area contributed by atoms with Crippen molar-refractivity contribution in [2.24, 2.45) is 0 Å². The fraction of sp³-hybridized carbons (Fsp3) is 0.333. The van der Waals surface area contributed by atoms with Gasteiger partial charge in [-0.25, -0.2) is 0 Å². The highest BCUT2D eigenvalue weighted by molar-refractivity contribution is 5.76. The summed E-state index contributed by atoms with van der Waals surface area (Å²) in [5.41, 5.74) is 3.35. The summed E-state index contributed by atoms with van der Waals surface area (Å²) in [5, 5.41) is 6.81. The number of carbonyl (C=O) groups excluding carboxylic acids is 1. The lowest BCUT2D eigenvalue weighted by Gasteiger charge is -2.14. The molecule has 28 heavy (non-hydrogen) atoms. The monoisotopic (exact) mass is 380 g/mol. The maximum Gasteiger partial charge on any atom is 0.264 e. The van der Waals surface area contributed by atoms with Crippen LogP contribution in [0, 0.1) is 20.8 Å². The number of pyridine rings is 1. The van der Waals surface area contributed by atoms with E-state index in [9.17, 15) is 9.59 Å². The number of nitrogens with one attached hydrogen (secondary N) is 1. The molecule has 0 saturated carbocycles. The minimum atomic E-state index is -0.324. The fourth-order valence-electron chi connectivity index (χ4n) is 3.04. The number of nitrogens with zero attached hydrogens (tertiary/aromatic N) is 3. The Bertz CT molecular complexity index is 1060. The zero-order chi connectivity index (χ0) is 20.4. The van der Waals surface area contributed by atoms with Crippen molar-refractivity contribution in [2.75, 3.05) is 0 Å². The molecule has 7 heteroatoms. The molecule has 0 atom stereocenters. The Morgan fingerprint density at radius 3 is 2.50 bits per heavy atom. The van der Waals surface area contributed by atoms with Gasteiger partial charge < -0.3 is 14.4 Å². The molecule has 0 bridgehead atoms. The molecular weight excluding hydrogens is 356 g/mol. The Hall–Kier alpha value is -3.22. The smallest absolute Gasteiger partial charge is 0.264 e. The Morgan fingerprint density at radius 1 is 1.18 bits per heavy atom. The topological polar surface area (TPSA) is 90.0 Å². The Balaban J connectivity index is 2.00. The van der Waals surface area contributed by atoms with Gasteiger partial charge in [0.2, 0.25) is 11.7 Å². The first-order valence-electron chi connectivity index (χ1n) is 9.17. The van der Waals surface area contributed by atoms with Crippen molar-refractivity contribution in [3.05, 3.63) is 57.5 Å². The zero-order valence-corrected chi connectivity index (χ0v) is 16.7. The van der Waals surface area contributed by atoms with Crippen LogP contribution in [-0.4, -0.2) is 26.7 Å². The van der Waals surface area contributed by atoms with Crippen LogP contribution < -0.4 is 10.9 Å². The summed E-state index contributed by atoms with van der Waals surface area (Å²) < 4.78 is 6.81. The molecule has 146 valence electrons. The van der Waals surface area contributed by atoms with Gasteiger partial charge in [0.1, 0.15) is 12.1 Å².